The quantitative estimate of drug-likeness (QED) is 0.358. The van der Waals surface area contributed by atoms with E-state index in [1.54, 1.807) is 0 Å². The zero-order valence-corrected chi connectivity index (χ0v) is 15.9. The van der Waals surface area contributed by atoms with Crippen molar-refractivity contribution in [1.82, 2.24) is 30.2 Å². The van der Waals surface area contributed by atoms with Crippen LogP contribution < -0.4 is 5.48 Å². The maximum absolute atomic E-state index is 13.1. The number of nitrogens with zero attached hydrogens (tertiary/aromatic N) is 5. The summed E-state index contributed by atoms with van der Waals surface area (Å²) in [5.74, 6) is -1.16. The van der Waals surface area contributed by atoms with Gasteiger partial charge in [-0.3, -0.25) is 9.63 Å². The lowest BCUT2D eigenvalue weighted by molar-refractivity contribution is -0.143. The van der Waals surface area contributed by atoms with Gasteiger partial charge in [-0.2, -0.15) is 26.3 Å². The largest absolute Gasteiger partial charge is 0.416 e. The fourth-order valence-corrected chi connectivity index (χ4v) is 2.54. The third-order valence-electron chi connectivity index (χ3n) is 3.93. The second kappa shape index (κ2) is 8.74. The first-order valence-corrected chi connectivity index (χ1v) is 8.50. The van der Waals surface area contributed by atoms with Crippen LogP contribution in [0.25, 0.3) is 23.2 Å². The summed E-state index contributed by atoms with van der Waals surface area (Å²) in [5, 5.41) is 3.87. The zero-order chi connectivity index (χ0) is 23.5. The Hall–Kier alpha value is -3.81. The van der Waals surface area contributed by atoms with Gasteiger partial charge in [-0.05, 0) is 18.2 Å². The van der Waals surface area contributed by atoms with E-state index >= 15 is 0 Å². The Morgan fingerprint density at radius 3 is 2.16 bits per heavy atom. The SMILES string of the molecule is CONC(=O)/C(=C/n1cnc(-c2cc(C(F)(F)F)cc(C(F)(F)F)c2)n1)c1cncnc1. The van der Waals surface area contributed by atoms with E-state index in [1.165, 1.54) is 25.8 Å². The number of nitrogens with one attached hydrogen (secondary N) is 1. The molecule has 3 rings (SSSR count). The fraction of sp³-hybridized carbons (Fsp3) is 0.167. The zero-order valence-electron chi connectivity index (χ0n) is 15.9. The van der Waals surface area contributed by atoms with Crippen molar-refractivity contribution in [3.63, 3.8) is 0 Å². The molecule has 0 atom stereocenters. The van der Waals surface area contributed by atoms with E-state index in [0.29, 0.717) is 12.1 Å². The Bertz CT molecular complexity index is 1110. The first-order chi connectivity index (χ1) is 15.0. The average molecular weight is 458 g/mol. The van der Waals surface area contributed by atoms with Crippen molar-refractivity contribution in [2.75, 3.05) is 7.11 Å². The van der Waals surface area contributed by atoms with Gasteiger partial charge in [-0.25, -0.2) is 25.1 Å². The summed E-state index contributed by atoms with van der Waals surface area (Å²) in [5.41, 5.74) is -1.27. The third kappa shape index (κ3) is 5.26. The van der Waals surface area contributed by atoms with Gasteiger partial charge < -0.3 is 0 Å². The molecular formula is C18H12F6N6O2. The van der Waals surface area contributed by atoms with Gasteiger partial charge in [-0.15, -0.1) is 5.10 Å². The predicted octanol–water partition coefficient (Wildman–Crippen LogP) is 3.45. The summed E-state index contributed by atoms with van der Waals surface area (Å²) < 4.78 is 79.5. The Kier molecular flexibility index (Phi) is 6.25. The molecule has 2 aromatic heterocycles. The first kappa shape index (κ1) is 22.9. The van der Waals surface area contributed by atoms with Gasteiger partial charge in [0.1, 0.15) is 12.7 Å². The number of hydrogen-bond acceptors (Lipinski definition) is 6. The number of halogens is 6. The van der Waals surface area contributed by atoms with Crippen molar-refractivity contribution in [1.29, 1.82) is 0 Å². The van der Waals surface area contributed by atoms with Gasteiger partial charge >= 0.3 is 12.4 Å². The number of aromatic nitrogens is 5. The van der Waals surface area contributed by atoms with Gasteiger partial charge in [0.25, 0.3) is 5.91 Å². The van der Waals surface area contributed by atoms with Gasteiger partial charge in [0, 0.05) is 29.7 Å². The molecule has 168 valence electrons. The lowest BCUT2D eigenvalue weighted by atomic mass is 10.0. The molecule has 0 spiro atoms. The summed E-state index contributed by atoms with van der Waals surface area (Å²) >= 11 is 0. The van der Waals surface area contributed by atoms with Crippen molar-refractivity contribution in [2.45, 2.75) is 12.4 Å². The summed E-state index contributed by atoms with van der Waals surface area (Å²) in [4.78, 5) is 28.1. The molecule has 1 amide bonds. The molecule has 1 N–H and O–H groups in total. The van der Waals surface area contributed by atoms with Crippen LogP contribution in [0, 0.1) is 0 Å². The molecule has 0 bridgehead atoms. The highest BCUT2D eigenvalue weighted by Crippen LogP contribution is 2.38. The number of carbonyl (C=O) groups excluding carboxylic acids is 1. The number of hydroxylamine groups is 1. The van der Waals surface area contributed by atoms with Crippen LogP contribution in [0.4, 0.5) is 26.3 Å². The van der Waals surface area contributed by atoms with Crippen LogP contribution in [0.2, 0.25) is 0 Å². The summed E-state index contributed by atoms with van der Waals surface area (Å²) in [7, 11) is 1.19. The minimum atomic E-state index is -5.02. The Morgan fingerprint density at radius 1 is 1.03 bits per heavy atom. The number of rotatable bonds is 5. The minimum absolute atomic E-state index is 0.00297. The molecule has 0 aliphatic rings. The number of alkyl halides is 6. The Balaban J connectivity index is 2.06. The molecule has 0 fully saturated rings. The second-order valence-corrected chi connectivity index (χ2v) is 6.15. The molecule has 14 heteroatoms. The van der Waals surface area contributed by atoms with Crippen LogP contribution in [0.1, 0.15) is 16.7 Å². The van der Waals surface area contributed by atoms with E-state index in [9.17, 15) is 31.1 Å². The monoisotopic (exact) mass is 458 g/mol. The van der Waals surface area contributed by atoms with Gasteiger partial charge in [-0.1, -0.05) is 0 Å². The second-order valence-electron chi connectivity index (χ2n) is 6.15. The molecule has 3 aromatic rings. The van der Waals surface area contributed by atoms with Crippen LogP contribution in [0.15, 0.2) is 43.2 Å². The Morgan fingerprint density at radius 2 is 1.62 bits per heavy atom. The molecule has 0 saturated carbocycles. The molecular weight excluding hydrogens is 446 g/mol. The molecule has 0 radical (unpaired) electrons. The van der Waals surface area contributed by atoms with Crippen LogP contribution in [0.3, 0.4) is 0 Å². The normalized spacial score (nSPS) is 12.7. The third-order valence-corrected chi connectivity index (χ3v) is 3.93. The molecule has 0 unspecified atom stereocenters. The average Bonchev–Trinajstić information content (AvgIpc) is 3.20. The maximum Gasteiger partial charge on any atom is 0.416 e. The highest BCUT2D eigenvalue weighted by atomic mass is 19.4. The molecule has 0 aliphatic carbocycles. The standard InChI is InChI=1S/C18H12F6N6O2/c1-32-29-16(31)14(11-5-25-8-26-6-11)7-30-9-27-15(28-30)10-2-12(17(19,20)21)4-13(3-10)18(22,23)24/h2-9H,1H3,(H,29,31)/b14-7+. The van der Waals surface area contributed by atoms with E-state index in [4.69, 9.17) is 0 Å². The number of amides is 1. The highest BCUT2D eigenvalue weighted by molar-refractivity contribution is 6.22. The molecule has 1 aromatic carbocycles. The van der Waals surface area contributed by atoms with Gasteiger partial charge in [0.05, 0.1) is 23.8 Å². The van der Waals surface area contributed by atoms with E-state index in [2.05, 4.69) is 30.4 Å². The van der Waals surface area contributed by atoms with Crippen LogP contribution in [-0.2, 0) is 22.0 Å². The fourth-order valence-electron chi connectivity index (χ4n) is 2.54. The lowest BCUT2D eigenvalue weighted by Gasteiger charge is -2.13. The van der Waals surface area contributed by atoms with Gasteiger partial charge in [0.15, 0.2) is 5.82 Å². The summed E-state index contributed by atoms with van der Waals surface area (Å²) in [6, 6.07) is 1.01. The molecule has 8 nitrogen and oxygen atoms in total. The predicted molar refractivity (Wildman–Crippen MR) is 96.8 cm³/mol. The smallest absolute Gasteiger partial charge is 0.277 e. The van der Waals surface area contributed by atoms with Crippen LogP contribution in [0.5, 0.6) is 0 Å². The highest BCUT2D eigenvalue weighted by Gasteiger charge is 2.37. The van der Waals surface area contributed by atoms with Crippen molar-refractivity contribution in [2.24, 2.45) is 0 Å². The minimum Gasteiger partial charge on any atom is -0.277 e. The van der Waals surface area contributed by atoms with E-state index in [-0.39, 0.29) is 17.2 Å². The topological polar surface area (TPSA) is 94.8 Å². The summed E-state index contributed by atoms with van der Waals surface area (Å²) in [6.45, 7) is 0. The molecule has 2 heterocycles. The van der Waals surface area contributed by atoms with Crippen LogP contribution >= 0.6 is 0 Å². The lowest BCUT2D eigenvalue weighted by Crippen LogP contribution is -2.23. The van der Waals surface area contributed by atoms with Crippen molar-refractivity contribution < 1.29 is 36.0 Å². The van der Waals surface area contributed by atoms with E-state index < -0.39 is 40.8 Å². The number of hydrogen-bond donors (Lipinski definition) is 1. The molecule has 0 aliphatic heterocycles. The Labute approximate surface area is 175 Å². The van der Waals surface area contributed by atoms with Crippen molar-refractivity contribution in [3.05, 3.63) is 59.9 Å². The maximum atomic E-state index is 13.1. The van der Waals surface area contributed by atoms with Gasteiger partial charge in [0.2, 0.25) is 0 Å². The van der Waals surface area contributed by atoms with Crippen molar-refractivity contribution in [3.8, 4) is 11.4 Å². The molecule has 0 saturated heterocycles. The number of benzene rings is 1. The van der Waals surface area contributed by atoms with E-state index in [0.717, 1.165) is 17.2 Å². The summed E-state index contributed by atoms with van der Waals surface area (Å²) in [6.07, 6.45) is -4.08. The first-order valence-electron chi connectivity index (χ1n) is 8.50. The molecule has 32 heavy (non-hydrogen) atoms. The van der Waals surface area contributed by atoms with E-state index in [1.807, 2.05) is 0 Å². The number of carbonyl (C=O) groups is 1. The van der Waals surface area contributed by atoms with Crippen LogP contribution in [-0.4, -0.2) is 37.7 Å². The van der Waals surface area contributed by atoms with Crippen molar-refractivity contribution >= 4 is 17.7 Å².